The first-order chi connectivity index (χ1) is 7.75. The summed E-state index contributed by atoms with van der Waals surface area (Å²) in [7, 11) is 1.72. The van der Waals surface area contributed by atoms with Crippen molar-refractivity contribution in [1.82, 2.24) is 15.1 Å². The molecule has 0 aliphatic heterocycles. The van der Waals surface area contributed by atoms with Gasteiger partial charge in [0, 0.05) is 31.2 Å². The van der Waals surface area contributed by atoms with Crippen LogP contribution in [0.2, 0.25) is 0 Å². The lowest BCUT2D eigenvalue weighted by molar-refractivity contribution is 0.0943. The van der Waals surface area contributed by atoms with Gasteiger partial charge >= 0.3 is 0 Å². The molecule has 0 aliphatic rings. The molecule has 1 heterocycles. The van der Waals surface area contributed by atoms with Gasteiger partial charge in [0.05, 0.1) is 0 Å². The molecule has 1 amide bonds. The Morgan fingerprint density at radius 1 is 1.69 bits per heavy atom. The fourth-order valence-electron chi connectivity index (χ4n) is 1.24. The molecule has 1 rings (SSSR count). The fourth-order valence-corrected chi connectivity index (χ4v) is 1.24. The predicted octanol–water partition coefficient (Wildman–Crippen LogP) is 1.24. The van der Waals surface area contributed by atoms with Crippen LogP contribution in [0.25, 0.3) is 10.4 Å². The molecule has 0 unspecified atom stereocenters. The monoisotopic (exact) mass is 222 g/mol. The molecule has 0 spiro atoms. The van der Waals surface area contributed by atoms with Crippen LogP contribution in [0.5, 0.6) is 0 Å². The van der Waals surface area contributed by atoms with Gasteiger partial charge in [0.15, 0.2) is 0 Å². The first-order valence-electron chi connectivity index (χ1n) is 5.02. The van der Waals surface area contributed by atoms with Crippen LogP contribution < -0.4 is 5.32 Å². The van der Waals surface area contributed by atoms with Crippen LogP contribution in [0.4, 0.5) is 0 Å². The van der Waals surface area contributed by atoms with Crippen molar-refractivity contribution in [3.05, 3.63) is 28.4 Å². The number of carbonyl (C=O) groups is 1. The van der Waals surface area contributed by atoms with E-state index < -0.39 is 0 Å². The van der Waals surface area contributed by atoms with Crippen molar-refractivity contribution in [1.29, 1.82) is 0 Å². The Kier molecular flexibility index (Phi) is 4.88. The van der Waals surface area contributed by atoms with E-state index in [2.05, 4.69) is 20.4 Å². The second-order valence-corrected chi connectivity index (χ2v) is 3.26. The smallest absolute Gasteiger partial charge is 0.269 e. The van der Waals surface area contributed by atoms with Crippen LogP contribution in [-0.4, -0.2) is 28.8 Å². The zero-order valence-electron chi connectivity index (χ0n) is 9.13. The zero-order valence-corrected chi connectivity index (χ0v) is 9.13. The number of aromatic nitrogens is 2. The number of amides is 1. The highest BCUT2D eigenvalue weighted by molar-refractivity contribution is 5.92. The van der Waals surface area contributed by atoms with Crippen molar-refractivity contribution in [2.24, 2.45) is 12.2 Å². The molecule has 0 bridgehead atoms. The summed E-state index contributed by atoms with van der Waals surface area (Å²) >= 11 is 0. The zero-order chi connectivity index (χ0) is 11.8. The largest absolute Gasteiger partial charge is 0.351 e. The fraction of sp³-hybridized carbons (Fsp3) is 0.556. The molecule has 0 saturated heterocycles. The second-order valence-electron chi connectivity index (χ2n) is 3.26. The third-order valence-electron chi connectivity index (χ3n) is 2.09. The number of hydrogen-bond donors (Lipinski definition) is 1. The number of unbranched alkanes of at least 4 members (excludes halogenated alkanes) is 1. The molecule has 86 valence electrons. The molecule has 0 fully saturated rings. The van der Waals surface area contributed by atoms with Crippen LogP contribution in [-0.2, 0) is 7.05 Å². The van der Waals surface area contributed by atoms with E-state index in [9.17, 15) is 4.79 Å². The lowest BCUT2D eigenvalue weighted by Gasteiger charge is -2.04. The summed E-state index contributed by atoms with van der Waals surface area (Å²) in [5.74, 6) is -0.135. The highest BCUT2D eigenvalue weighted by atomic mass is 16.2. The minimum absolute atomic E-state index is 0.135. The average molecular weight is 222 g/mol. The van der Waals surface area contributed by atoms with E-state index in [0.717, 1.165) is 12.8 Å². The van der Waals surface area contributed by atoms with E-state index in [0.29, 0.717) is 18.8 Å². The molecule has 0 saturated carbocycles. The lowest BCUT2D eigenvalue weighted by atomic mass is 10.3. The molecule has 0 atom stereocenters. The average Bonchev–Trinajstić information content (AvgIpc) is 2.69. The molecule has 1 N–H and O–H groups in total. The van der Waals surface area contributed by atoms with E-state index in [1.54, 1.807) is 19.3 Å². The molecule has 0 aliphatic carbocycles. The Balaban J connectivity index is 2.21. The maximum absolute atomic E-state index is 11.6. The van der Waals surface area contributed by atoms with Crippen molar-refractivity contribution >= 4 is 5.91 Å². The van der Waals surface area contributed by atoms with Gasteiger partial charge in [-0.1, -0.05) is 5.11 Å². The topological polar surface area (TPSA) is 95.7 Å². The van der Waals surface area contributed by atoms with Crippen molar-refractivity contribution in [3.63, 3.8) is 0 Å². The van der Waals surface area contributed by atoms with Crippen molar-refractivity contribution in [3.8, 4) is 0 Å². The summed E-state index contributed by atoms with van der Waals surface area (Å²) in [5.41, 5.74) is 8.58. The molecule has 0 aromatic carbocycles. The van der Waals surface area contributed by atoms with Crippen molar-refractivity contribution in [2.45, 2.75) is 12.8 Å². The number of hydrogen-bond acceptors (Lipinski definition) is 3. The van der Waals surface area contributed by atoms with Crippen LogP contribution in [0, 0.1) is 0 Å². The first-order valence-corrected chi connectivity index (χ1v) is 5.02. The van der Waals surface area contributed by atoms with Gasteiger partial charge in [0.1, 0.15) is 5.69 Å². The van der Waals surface area contributed by atoms with Gasteiger partial charge in [-0.15, -0.1) is 0 Å². The summed E-state index contributed by atoms with van der Waals surface area (Å²) in [4.78, 5) is 14.2. The normalized spacial score (nSPS) is 9.56. The number of nitrogens with zero attached hydrogens (tertiary/aromatic N) is 5. The van der Waals surface area contributed by atoms with Crippen LogP contribution in [0.1, 0.15) is 23.3 Å². The predicted molar refractivity (Wildman–Crippen MR) is 58.8 cm³/mol. The maximum Gasteiger partial charge on any atom is 0.269 e. The summed E-state index contributed by atoms with van der Waals surface area (Å²) in [6.45, 7) is 1.04. The number of rotatable bonds is 6. The van der Waals surface area contributed by atoms with Crippen LogP contribution in [0.3, 0.4) is 0 Å². The van der Waals surface area contributed by atoms with E-state index in [-0.39, 0.29) is 5.91 Å². The third kappa shape index (κ3) is 3.62. The van der Waals surface area contributed by atoms with Gasteiger partial charge in [-0.2, -0.15) is 5.10 Å². The van der Waals surface area contributed by atoms with Gasteiger partial charge in [0.2, 0.25) is 0 Å². The molecule has 16 heavy (non-hydrogen) atoms. The molecule has 1 aromatic heterocycles. The van der Waals surface area contributed by atoms with E-state index >= 15 is 0 Å². The Hall–Kier alpha value is -2.01. The van der Waals surface area contributed by atoms with E-state index in [1.807, 2.05) is 0 Å². The summed E-state index contributed by atoms with van der Waals surface area (Å²) in [6, 6.07) is 1.66. The van der Waals surface area contributed by atoms with Crippen molar-refractivity contribution in [2.75, 3.05) is 13.1 Å². The van der Waals surface area contributed by atoms with Gasteiger partial charge in [-0.25, -0.2) is 0 Å². The highest BCUT2D eigenvalue weighted by Gasteiger charge is 2.07. The number of carbonyl (C=O) groups excluding carboxylic acids is 1. The molecule has 1 aromatic rings. The van der Waals surface area contributed by atoms with Gasteiger partial charge in [-0.3, -0.25) is 9.48 Å². The molecule has 7 heteroatoms. The highest BCUT2D eigenvalue weighted by Crippen LogP contribution is 1.96. The summed E-state index contributed by atoms with van der Waals surface area (Å²) in [6.07, 6.45) is 3.15. The Morgan fingerprint density at radius 2 is 2.50 bits per heavy atom. The van der Waals surface area contributed by atoms with E-state index in [1.165, 1.54) is 4.68 Å². The minimum Gasteiger partial charge on any atom is -0.351 e. The Bertz CT molecular complexity index is 392. The minimum atomic E-state index is -0.135. The maximum atomic E-state index is 11.6. The van der Waals surface area contributed by atoms with Gasteiger partial charge < -0.3 is 5.32 Å². The summed E-state index contributed by atoms with van der Waals surface area (Å²) < 4.78 is 1.52. The summed E-state index contributed by atoms with van der Waals surface area (Å²) in [5, 5.41) is 10.1. The molecule has 0 radical (unpaired) electrons. The lowest BCUT2D eigenvalue weighted by Crippen LogP contribution is -2.26. The number of aryl methyl sites for hydroxylation is 1. The van der Waals surface area contributed by atoms with Crippen LogP contribution in [0.15, 0.2) is 17.4 Å². The number of nitrogens with one attached hydrogen (secondary N) is 1. The van der Waals surface area contributed by atoms with Crippen LogP contribution >= 0.6 is 0 Å². The number of azide groups is 1. The second kappa shape index (κ2) is 6.47. The SMILES string of the molecule is Cn1nccc1C(=O)NCCCCN=[N+]=[N-]. The molecular formula is C9H14N6O. The quantitative estimate of drug-likeness (QED) is 0.339. The molecule has 7 nitrogen and oxygen atoms in total. The van der Waals surface area contributed by atoms with Gasteiger partial charge in [-0.05, 0) is 24.4 Å². The Morgan fingerprint density at radius 3 is 3.12 bits per heavy atom. The standard InChI is InChI=1S/C9H14N6O/c1-15-8(4-7-13-15)9(16)11-5-2-3-6-12-14-10/h4,7H,2-3,5-6H2,1H3,(H,11,16). The first kappa shape index (κ1) is 12.1. The Labute approximate surface area is 93.1 Å². The third-order valence-corrected chi connectivity index (χ3v) is 2.09. The van der Waals surface area contributed by atoms with Gasteiger partial charge in [0.25, 0.3) is 5.91 Å². The van der Waals surface area contributed by atoms with Crippen molar-refractivity contribution < 1.29 is 4.79 Å². The van der Waals surface area contributed by atoms with E-state index in [4.69, 9.17) is 5.53 Å². The molecular weight excluding hydrogens is 208 g/mol.